The highest BCUT2D eigenvalue weighted by Gasteiger charge is 2.43. The van der Waals surface area contributed by atoms with Gasteiger partial charge in [0.15, 0.2) is 5.92 Å². The fourth-order valence-corrected chi connectivity index (χ4v) is 1.79. The van der Waals surface area contributed by atoms with Crippen molar-refractivity contribution in [3.63, 3.8) is 0 Å². The van der Waals surface area contributed by atoms with Crippen LogP contribution >= 0.6 is 0 Å². The van der Waals surface area contributed by atoms with Gasteiger partial charge in [-0.2, -0.15) is 0 Å². The molecule has 0 saturated carbocycles. The zero-order valence-corrected chi connectivity index (χ0v) is 8.22. The predicted octanol–water partition coefficient (Wildman–Crippen LogP) is 1.17. The Bertz CT molecular complexity index is 426. The number of carboxylic acid groups (broad SMARTS) is 1. The van der Waals surface area contributed by atoms with Gasteiger partial charge in [-0.15, -0.1) is 0 Å². The molecule has 0 amide bonds. The topological polar surface area (TPSA) is 63.6 Å². The van der Waals surface area contributed by atoms with Crippen LogP contribution in [-0.2, 0) is 14.3 Å². The number of hydrogen-bond acceptors (Lipinski definition) is 3. The van der Waals surface area contributed by atoms with E-state index in [9.17, 15) is 14.0 Å². The summed E-state index contributed by atoms with van der Waals surface area (Å²) in [6.45, 7) is 0.0292. The van der Waals surface area contributed by atoms with Crippen molar-refractivity contribution in [2.45, 2.75) is 5.92 Å². The molecule has 0 spiro atoms. The van der Waals surface area contributed by atoms with Crippen molar-refractivity contribution in [3.8, 4) is 0 Å². The number of benzene rings is 1. The van der Waals surface area contributed by atoms with Crippen LogP contribution in [0.1, 0.15) is 11.5 Å². The summed E-state index contributed by atoms with van der Waals surface area (Å²) in [6.07, 6.45) is 0. The molecule has 1 aromatic carbocycles. The molecule has 0 bridgehead atoms. The molecular formula is C11H9FO4. The maximum Gasteiger partial charge on any atom is 0.321 e. The second-order valence-electron chi connectivity index (χ2n) is 3.60. The first kappa shape index (κ1) is 10.6. The van der Waals surface area contributed by atoms with Crippen LogP contribution < -0.4 is 0 Å². The van der Waals surface area contributed by atoms with E-state index in [1.165, 1.54) is 24.3 Å². The standard InChI is InChI=1S/C11H9FO4/c12-7-3-1-6(2-4-7)8-5-16-11(15)9(8)10(13)14/h1-4,8-9H,5H2,(H,13,14)/t8-,9+/m1/s1. The fourth-order valence-electron chi connectivity index (χ4n) is 1.79. The molecule has 4 nitrogen and oxygen atoms in total. The van der Waals surface area contributed by atoms with Gasteiger partial charge in [0.05, 0.1) is 6.61 Å². The third-order valence-corrected chi connectivity index (χ3v) is 2.63. The van der Waals surface area contributed by atoms with E-state index < -0.39 is 29.6 Å². The van der Waals surface area contributed by atoms with E-state index in [4.69, 9.17) is 9.84 Å². The van der Waals surface area contributed by atoms with Crippen LogP contribution in [0.3, 0.4) is 0 Å². The Labute approximate surface area is 90.6 Å². The van der Waals surface area contributed by atoms with E-state index >= 15 is 0 Å². The van der Waals surface area contributed by atoms with Crippen LogP contribution in [0.5, 0.6) is 0 Å². The maximum atomic E-state index is 12.7. The summed E-state index contributed by atoms with van der Waals surface area (Å²) in [6, 6.07) is 5.41. The Morgan fingerprint density at radius 1 is 1.38 bits per heavy atom. The molecule has 0 aliphatic carbocycles. The number of carbonyl (C=O) groups is 2. The minimum Gasteiger partial charge on any atom is -0.481 e. The normalized spacial score (nSPS) is 24.2. The Balaban J connectivity index is 2.30. The van der Waals surface area contributed by atoms with E-state index in [0.717, 1.165) is 0 Å². The van der Waals surface area contributed by atoms with E-state index in [2.05, 4.69) is 0 Å². The molecule has 2 atom stereocenters. The first-order valence-corrected chi connectivity index (χ1v) is 4.74. The number of hydrogen-bond donors (Lipinski definition) is 1. The smallest absolute Gasteiger partial charge is 0.321 e. The van der Waals surface area contributed by atoms with Crippen LogP contribution in [0.15, 0.2) is 24.3 Å². The molecule has 1 aliphatic heterocycles. The van der Waals surface area contributed by atoms with Crippen molar-refractivity contribution in [2.75, 3.05) is 6.61 Å². The lowest BCUT2D eigenvalue weighted by molar-refractivity contribution is -0.152. The number of carboxylic acids is 1. The molecule has 0 radical (unpaired) electrons. The van der Waals surface area contributed by atoms with Gasteiger partial charge in [0.2, 0.25) is 0 Å². The lowest BCUT2D eigenvalue weighted by atomic mass is 9.89. The summed E-state index contributed by atoms with van der Waals surface area (Å²) in [5.74, 6) is -4.07. The molecule has 0 unspecified atom stereocenters. The molecule has 84 valence electrons. The first-order chi connectivity index (χ1) is 7.59. The molecule has 0 aromatic heterocycles. The van der Waals surface area contributed by atoms with Crippen LogP contribution in [0.25, 0.3) is 0 Å². The molecule has 5 heteroatoms. The Morgan fingerprint density at radius 2 is 2.00 bits per heavy atom. The summed E-state index contributed by atoms with van der Waals surface area (Å²) in [5, 5.41) is 8.90. The lowest BCUT2D eigenvalue weighted by Crippen LogP contribution is -2.24. The average Bonchev–Trinajstić information content (AvgIpc) is 2.61. The lowest BCUT2D eigenvalue weighted by Gasteiger charge is -2.11. The highest BCUT2D eigenvalue weighted by molar-refractivity contribution is 5.96. The van der Waals surface area contributed by atoms with Gasteiger partial charge in [-0.25, -0.2) is 4.39 Å². The largest absolute Gasteiger partial charge is 0.481 e. The van der Waals surface area contributed by atoms with Gasteiger partial charge < -0.3 is 9.84 Å². The van der Waals surface area contributed by atoms with Crippen LogP contribution in [0.4, 0.5) is 4.39 Å². The maximum absolute atomic E-state index is 12.7. The summed E-state index contributed by atoms with van der Waals surface area (Å²) in [5.41, 5.74) is 0.597. The van der Waals surface area contributed by atoms with E-state index in [1.807, 2.05) is 0 Å². The van der Waals surface area contributed by atoms with Gasteiger partial charge >= 0.3 is 11.9 Å². The van der Waals surface area contributed by atoms with Crippen LogP contribution in [0, 0.1) is 11.7 Å². The van der Waals surface area contributed by atoms with Crippen molar-refractivity contribution in [2.24, 2.45) is 5.92 Å². The average molecular weight is 224 g/mol. The molecule has 1 heterocycles. The highest BCUT2D eigenvalue weighted by Crippen LogP contribution is 2.32. The zero-order chi connectivity index (χ0) is 11.7. The number of cyclic esters (lactones) is 1. The molecule has 1 fully saturated rings. The van der Waals surface area contributed by atoms with Crippen LogP contribution in [-0.4, -0.2) is 23.7 Å². The minimum atomic E-state index is -1.21. The van der Waals surface area contributed by atoms with E-state index in [1.54, 1.807) is 0 Å². The van der Waals surface area contributed by atoms with E-state index in [-0.39, 0.29) is 6.61 Å². The Morgan fingerprint density at radius 3 is 2.56 bits per heavy atom. The quantitative estimate of drug-likeness (QED) is 0.605. The second kappa shape index (κ2) is 3.92. The van der Waals surface area contributed by atoms with E-state index in [0.29, 0.717) is 5.56 Å². The molecule has 2 rings (SSSR count). The molecule has 1 aromatic rings. The molecule has 1 N–H and O–H groups in total. The minimum absolute atomic E-state index is 0.0292. The zero-order valence-electron chi connectivity index (χ0n) is 8.22. The van der Waals surface area contributed by atoms with Gasteiger partial charge in [-0.3, -0.25) is 9.59 Å². The third-order valence-electron chi connectivity index (χ3n) is 2.63. The van der Waals surface area contributed by atoms with Crippen molar-refractivity contribution in [1.29, 1.82) is 0 Å². The predicted molar refractivity (Wildman–Crippen MR) is 51.2 cm³/mol. The molecular weight excluding hydrogens is 215 g/mol. The number of ether oxygens (including phenoxy) is 1. The summed E-state index contributed by atoms with van der Waals surface area (Å²) in [7, 11) is 0. The SMILES string of the molecule is O=C(O)[C@H]1C(=O)OC[C@@H]1c1ccc(F)cc1. The molecule has 16 heavy (non-hydrogen) atoms. The number of aliphatic carboxylic acids is 1. The second-order valence-corrected chi connectivity index (χ2v) is 3.60. The van der Waals surface area contributed by atoms with Gasteiger partial charge in [0.1, 0.15) is 5.82 Å². The Kier molecular flexibility index (Phi) is 2.60. The summed E-state index contributed by atoms with van der Waals surface area (Å²) in [4.78, 5) is 22.1. The molecule has 1 saturated heterocycles. The van der Waals surface area contributed by atoms with Crippen molar-refractivity contribution < 1.29 is 23.8 Å². The fraction of sp³-hybridized carbons (Fsp3) is 0.273. The van der Waals surface area contributed by atoms with Crippen molar-refractivity contribution in [1.82, 2.24) is 0 Å². The summed E-state index contributed by atoms with van der Waals surface area (Å²) < 4.78 is 17.4. The van der Waals surface area contributed by atoms with Crippen molar-refractivity contribution >= 4 is 11.9 Å². The van der Waals surface area contributed by atoms with Gasteiger partial charge in [0.25, 0.3) is 0 Å². The number of rotatable bonds is 2. The number of carbonyl (C=O) groups excluding carboxylic acids is 1. The van der Waals surface area contributed by atoms with Gasteiger partial charge in [-0.1, -0.05) is 12.1 Å². The monoisotopic (exact) mass is 224 g/mol. The highest BCUT2D eigenvalue weighted by atomic mass is 19.1. The van der Waals surface area contributed by atoms with Crippen LogP contribution in [0.2, 0.25) is 0 Å². The number of halogens is 1. The Hall–Kier alpha value is -1.91. The summed E-state index contributed by atoms with van der Waals surface area (Å²) >= 11 is 0. The number of esters is 1. The van der Waals surface area contributed by atoms with Gasteiger partial charge in [0, 0.05) is 5.92 Å². The molecule has 1 aliphatic rings. The van der Waals surface area contributed by atoms with Gasteiger partial charge in [-0.05, 0) is 17.7 Å². The van der Waals surface area contributed by atoms with Crippen molar-refractivity contribution in [3.05, 3.63) is 35.6 Å². The third kappa shape index (κ3) is 1.76. The first-order valence-electron chi connectivity index (χ1n) is 4.74.